The molecule has 1 aromatic rings. The number of hydrogen-bond acceptors (Lipinski definition) is 2. The molecule has 0 fully saturated rings. The Kier molecular flexibility index (Phi) is 4.41. The largest absolute Gasteiger partial charge is 0.458 e. The minimum Gasteiger partial charge on any atom is -0.364 e. The van der Waals surface area contributed by atoms with E-state index in [0.29, 0.717) is 13.0 Å². The van der Waals surface area contributed by atoms with Gasteiger partial charge in [-0.3, -0.25) is 0 Å². The lowest BCUT2D eigenvalue weighted by Gasteiger charge is -2.37. The van der Waals surface area contributed by atoms with Crippen molar-refractivity contribution in [3.63, 3.8) is 0 Å². The summed E-state index contributed by atoms with van der Waals surface area (Å²) in [5.74, 6) is -5.23. The van der Waals surface area contributed by atoms with Crippen molar-refractivity contribution in [1.29, 1.82) is 0 Å². The van der Waals surface area contributed by atoms with Gasteiger partial charge in [0.25, 0.3) is 0 Å². The van der Waals surface area contributed by atoms with Crippen LogP contribution in [0.1, 0.15) is 12.5 Å². The molecule has 126 valence electrons. The molecule has 1 atom stereocenters. The highest BCUT2D eigenvalue weighted by molar-refractivity contribution is 5.51. The fourth-order valence-electron chi connectivity index (χ4n) is 1.52. The summed E-state index contributed by atoms with van der Waals surface area (Å²) in [4.78, 5) is 0.156. The van der Waals surface area contributed by atoms with E-state index in [1.165, 1.54) is 0 Å². The lowest BCUT2D eigenvalue weighted by Crippen LogP contribution is -2.55. The van der Waals surface area contributed by atoms with E-state index in [4.69, 9.17) is 0 Å². The molecular weight excluding hydrogens is 326 g/mol. The quantitative estimate of drug-likeness (QED) is 0.664. The number of rotatable bonds is 3. The highest BCUT2D eigenvalue weighted by Gasteiger charge is 2.59. The van der Waals surface area contributed by atoms with Crippen molar-refractivity contribution in [3.05, 3.63) is 29.8 Å². The molecular formula is C12H11F8NO. The van der Waals surface area contributed by atoms with E-state index in [1.54, 1.807) is 0 Å². The highest BCUT2D eigenvalue weighted by Crippen LogP contribution is 2.45. The first-order chi connectivity index (χ1) is 9.62. The predicted octanol–water partition coefficient (Wildman–Crippen LogP) is 4.05. The first-order valence-corrected chi connectivity index (χ1v) is 5.70. The smallest absolute Gasteiger partial charge is 0.364 e. The minimum atomic E-state index is -5.89. The number of benzene rings is 1. The third-order valence-electron chi connectivity index (χ3n) is 3.14. The Morgan fingerprint density at radius 1 is 0.909 bits per heavy atom. The Bertz CT molecular complexity index is 535. The Balaban J connectivity index is 3.29. The van der Waals surface area contributed by atoms with Crippen molar-refractivity contribution >= 4 is 5.69 Å². The summed E-state index contributed by atoms with van der Waals surface area (Å²) in [6.07, 6.45) is -11.0. The molecule has 2 nitrogen and oxygen atoms in total. The van der Waals surface area contributed by atoms with Gasteiger partial charge in [-0.2, -0.15) is 35.1 Å². The van der Waals surface area contributed by atoms with Crippen molar-refractivity contribution < 1.29 is 40.2 Å². The third-order valence-corrected chi connectivity index (χ3v) is 3.14. The molecule has 0 heterocycles. The molecule has 1 N–H and O–H groups in total. The molecule has 0 amide bonds. The molecule has 1 aromatic carbocycles. The first-order valence-electron chi connectivity index (χ1n) is 5.70. The summed E-state index contributed by atoms with van der Waals surface area (Å²) < 4.78 is 101. The average Bonchev–Trinajstić information content (AvgIpc) is 2.35. The van der Waals surface area contributed by atoms with Crippen LogP contribution in [0.25, 0.3) is 0 Å². The average molecular weight is 337 g/mol. The van der Waals surface area contributed by atoms with Crippen molar-refractivity contribution in [3.8, 4) is 0 Å². The van der Waals surface area contributed by atoms with Crippen LogP contribution in [0.4, 0.5) is 40.8 Å². The molecule has 0 saturated heterocycles. The fourth-order valence-corrected chi connectivity index (χ4v) is 1.52. The summed E-state index contributed by atoms with van der Waals surface area (Å²) in [6, 6.07) is 2.30. The maximum Gasteiger partial charge on any atom is 0.458 e. The van der Waals surface area contributed by atoms with E-state index in [1.807, 2.05) is 0 Å². The van der Waals surface area contributed by atoms with Gasteiger partial charge in [0.05, 0.1) is 0 Å². The van der Waals surface area contributed by atoms with Gasteiger partial charge in [-0.15, -0.1) is 0 Å². The standard InChI is InChI=1S/C12H11F8NO/c1-9(22,11(15,16)17)21(2)8-5-3-4-7(6-8)10(13,14)12(18,19)20/h3-6,22H,1-2H3. The maximum absolute atomic E-state index is 13.2. The van der Waals surface area contributed by atoms with E-state index in [2.05, 4.69) is 0 Å². The zero-order valence-electron chi connectivity index (χ0n) is 11.2. The van der Waals surface area contributed by atoms with E-state index >= 15 is 0 Å². The number of aliphatic hydroxyl groups is 1. The lowest BCUT2D eigenvalue weighted by molar-refractivity contribution is -0.289. The Morgan fingerprint density at radius 3 is 1.82 bits per heavy atom. The molecule has 22 heavy (non-hydrogen) atoms. The Morgan fingerprint density at radius 2 is 1.41 bits per heavy atom. The second-order valence-electron chi connectivity index (χ2n) is 4.70. The van der Waals surface area contributed by atoms with E-state index in [0.717, 1.165) is 19.2 Å². The molecule has 1 rings (SSSR count). The van der Waals surface area contributed by atoms with E-state index in [-0.39, 0.29) is 11.0 Å². The number of anilines is 1. The zero-order valence-corrected chi connectivity index (χ0v) is 11.2. The van der Waals surface area contributed by atoms with Crippen LogP contribution in [-0.2, 0) is 5.92 Å². The van der Waals surface area contributed by atoms with Crippen LogP contribution in [0.15, 0.2) is 24.3 Å². The molecule has 0 radical (unpaired) electrons. The zero-order chi connectivity index (χ0) is 17.6. The first kappa shape index (κ1) is 18.5. The Labute approximate surface area is 119 Å². The SMILES string of the molecule is CN(c1cccc(C(F)(F)C(F)(F)F)c1)C(C)(O)C(F)(F)F. The lowest BCUT2D eigenvalue weighted by atomic mass is 10.1. The summed E-state index contributed by atoms with van der Waals surface area (Å²) in [5.41, 5.74) is -5.62. The van der Waals surface area contributed by atoms with E-state index < -0.39 is 35.3 Å². The molecule has 0 aliphatic carbocycles. The minimum absolute atomic E-state index is 0.156. The highest BCUT2D eigenvalue weighted by atomic mass is 19.4. The van der Waals surface area contributed by atoms with Gasteiger partial charge in [-0.25, -0.2) is 0 Å². The van der Waals surface area contributed by atoms with Gasteiger partial charge in [-0.05, 0) is 19.1 Å². The van der Waals surface area contributed by atoms with Crippen LogP contribution in [0.5, 0.6) is 0 Å². The second kappa shape index (κ2) is 5.25. The van der Waals surface area contributed by atoms with Gasteiger partial charge in [0.15, 0.2) is 0 Å². The van der Waals surface area contributed by atoms with Crippen molar-refractivity contribution in [2.45, 2.75) is 30.9 Å². The number of halogens is 8. The number of hydrogen-bond donors (Lipinski definition) is 1. The molecule has 0 saturated carbocycles. The predicted molar refractivity (Wildman–Crippen MR) is 61.5 cm³/mol. The molecule has 1 unspecified atom stereocenters. The van der Waals surface area contributed by atoms with Gasteiger partial charge >= 0.3 is 18.3 Å². The van der Waals surface area contributed by atoms with E-state index in [9.17, 15) is 40.2 Å². The summed E-state index contributed by atoms with van der Waals surface area (Å²) in [7, 11) is 0.721. The summed E-state index contributed by atoms with van der Waals surface area (Å²) in [5, 5.41) is 9.42. The monoisotopic (exact) mass is 337 g/mol. The normalized spacial score (nSPS) is 16.3. The van der Waals surface area contributed by atoms with Crippen LogP contribution in [0, 0.1) is 0 Å². The van der Waals surface area contributed by atoms with Crippen LogP contribution in [0.3, 0.4) is 0 Å². The van der Waals surface area contributed by atoms with Gasteiger partial charge in [0.2, 0.25) is 5.72 Å². The molecule has 0 spiro atoms. The molecule has 0 bridgehead atoms. The van der Waals surface area contributed by atoms with Crippen LogP contribution in [-0.4, -0.2) is 30.2 Å². The van der Waals surface area contributed by atoms with Crippen LogP contribution >= 0.6 is 0 Å². The molecule has 10 heteroatoms. The topological polar surface area (TPSA) is 23.5 Å². The Hall–Kier alpha value is -1.58. The summed E-state index contributed by atoms with van der Waals surface area (Å²) >= 11 is 0. The third kappa shape index (κ3) is 3.11. The van der Waals surface area contributed by atoms with Crippen molar-refractivity contribution in [1.82, 2.24) is 0 Å². The van der Waals surface area contributed by atoms with Gasteiger partial charge in [-0.1, -0.05) is 12.1 Å². The molecule has 0 aliphatic rings. The fraction of sp³-hybridized carbons (Fsp3) is 0.500. The van der Waals surface area contributed by atoms with Crippen LogP contribution < -0.4 is 4.90 Å². The number of nitrogens with zero attached hydrogens (tertiary/aromatic N) is 1. The summed E-state index contributed by atoms with van der Waals surface area (Å²) in [6.45, 7) is 0.349. The van der Waals surface area contributed by atoms with Gasteiger partial charge in [0, 0.05) is 18.3 Å². The van der Waals surface area contributed by atoms with Gasteiger partial charge in [0.1, 0.15) is 0 Å². The molecule has 0 aliphatic heterocycles. The van der Waals surface area contributed by atoms with Gasteiger partial charge < -0.3 is 10.0 Å². The maximum atomic E-state index is 13.2. The molecule has 0 aromatic heterocycles. The van der Waals surface area contributed by atoms with Crippen molar-refractivity contribution in [2.24, 2.45) is 0 Å². The van der Waals surface area contributed by atoms with Crippen LogP contribution in [0.2, 0.25) is 0 Å². The number of alkyl halides is 8. The van der Waals surface area contributed by atoms with Crippen molar-refractivity contribution in [2.75, 3.05) is 11.9 Å². The second-order valence-corrected chi connectivity index (χ2v) is 4.70.